The van der Waals surface area contributed by atoms with Crippen molar-refractivity contribution in [1.29, 1.82) is 0 Å². The van der Waals surface area contributed by atoms with Crippen LogP contribution < -0.4 is 10.6 Å². The van der Waals surface area contributed by atoms with Crippen LogP contribution in [0.3, 0.4) is 0 Å². The van der Waals surface area contributed by atoms with Gasteiger partial charge in [-0.1, -0.05) is 6.07 Å². The highest BCUT2D eigenvalue weighted by Gasteiger charge is 2.29. The maximum atomic E-state index is 11.3. The number of nitrogens with one attached hydrogen (secondary N) is 2. The number of unbranched alkanes of at least 4 members (excludes halogenated alkanes) is 1. The molecule has 0 radical (unpaired) electrons. The molecular weight excluding hydrogens is 246 g/mol. The molecule has 1 aromatic rings. The highest BCUT2D eigenvalue weighted by atomic mass is 16.5. The van der Waals surface area contributed by atoms with Crippen LogP contribution in [0.5, 0.6) is 0 Å². The standard InChI is InChI=1S/C13H17N3O3/c17-12-11(9-15-12)16-13(18)19-7-2-1-4-10-5-3-6-14-8-10/h3,5-6,8,11H,1-2,4,7,9H2,(H,15,17)(H,16,18)/t11-/m0/s1. The third kappa shape index (κ3) is 4.24. The van der Waals surface area contributed by atoms with E-state index in [1.165, 1.54) is 5.56 Å². The Morgan fingerprint density at radius 1 is 1.53 bits per heavy atom. The smallest absolute Gasteiger partial charge is 0.407 e. The fourth-order valence-corrected chi connectivity index (χ4v) is 1.73. The molecular formula is C13H17N3O3. The van der Waals surface area contributed by atoms with Crippen molar-refractivity contribution in [2.24, 2.45) is 0 Å². The monoisotopic (exact) mass is 263 g/mol. The Bertz CT molecular complexity index is 436. The number of aromatic nitrogens is 1. The lowest BCUT2D eigenvalue weighted by Gasteiger charge is -2.26. The Morgan fingerprint density at radius 3 is 3.05 bits per heavy atom. The molecule has 102 valence electrons. The van der Waals surface area contributed by atoms with Gasteiger partial charge in [0.1, 0.15) is 6.04 Å². The number of hydrogen-bond acceptors (Lipinski definition) is 4. The first kappa shape index (κ1) is 13.3. The van der Waals surface area contributed by atoms with E-state index >= 15 is 0 Å². The van der Waals surface area contributed by atoms with Gasteiger partial charge in [0.25, 0.3) is 0 Å². The normalized spacial score (nSPS) is 17.3. The Labute approximate surface area is 111 Å². The molecule has 1 fully saturated rings. The van der Waals surface area contributed by atoms with Crippen molar-refractivity contribution in [1.82, 2.24) is 15.6 Å². The Morgan fingerprint density at radius 2 is 2.42 bits per heavy atom. The molecule has 6 heteroatoms. The Hall–Kier alpha value is -2.11. The van der Waals surface area contributed by atoms with Crippen molar-refractivity contribution in [2.45, 2.75) is 25.3 Å². The zero-order chi connectivity index (χ0) is 13.5. The second-order valence-electron chi connectivity index (χ2n) is 4.40. The van der Waals surface area contributed by atoms with E-state index in [4.69, 9.17) is 4.74 Å². The molecule has 19 heavy (non-hydrogen) atoms. The first-order valence-corrected chi connectivity index (χ1v) is 6.35. The van der Waals surface area contributed by atoms with Crippen LogP contribution >= 0.6 is 0 Å². The number of nitrogens with zero attached hydrogens (tertiary/aromatic N) is 1. The molecule has 0 aliphatic carbocycles. The molecule has 1 aromatic heterocycles. The number of pyridine rings is 1. The maximum Gasteiger partial charge on any atom is 0.407 e. The first-order valence-electron chi connectivity index (χ1n) is 6.35. The van der Waals surface area contributed by atoms with Crippen LogP contribution in [0.1, 0.15) is 18.4 Å². The molecule has 2 amide bonds. The number of carbonyl (C=O) groups is 2. The molecule has 0 saturated carbocycles. The molecule has 0 spiro atoms. The fourth-order valence-electron chi connectivity index (χ4n) is 1.73. The third-order valence-electron chi connectivity index (χ3n) is 2.90. The molecule has 2 N–H and O–H groups in total. The van der Waals surface area contributed by atoms with Gasteiger partial charge < -0.3 is 15.4 Å². The second kappa shape index (κ2) is 6.72. The SMILES string of the molecule is O=C(N[C@H]1CNC1=O)OCCCCc1cccnc1. The van der Waals surface area contributed by atoms with E-state index in [1.807, 2.05) is 18.3 Å². The van der Waals surface area contributed by atoms with E-state index in [1.54, 1.807) is 6.20 Å². The van der Waals surface area contributed by atoms with Gasteiger partial charge >= 0.3 is 6.09 Å². The van der Waals surface area contributed by atoms with E-state index < -0.39 is 12.1 Å². The minimum Gasteiger partial charge on any atom is -0.450 e. The molecule has 0 aromatic carbocycles. The largest absolute Gasteiger partial charge is 0.450 e. The van der Waals surface area contributed by atoms with Gasteiger partial charge in [-0.2, -0.15) is 0 Å². The Kier molecular flexibility index (Phi) is 4.72. The van der Waals surface area contributed by atoms with Crippen molar-refractivity contribution in [2.75, 3.05) is 13.2 Å². The van der Waals surface area contributed by atoms with Crippen LogP contribution in [0.15, 0.2) is 24.5 Å². The summed E-state index contributed by atoms with van der Waals surface area (Å²) < 4.78 is 4.99. The summed E-state index contributed by atoms with van der Waals surface area (Å²) in [7, 11) is 0. The maximum absolute atomic E-state index is 11.3. The molecule has 0 bridgehead atoms. The van der Waals surface area contributed by atoms with Gasteiger partial charge in [-0.25, -0.2) is 4.79 Å². The lowest BCUT2D eigenvalue weighted by molar-refractivity contribution is -0.128. The van der Waals surface area contributed by atoms with E-state index in [0.717, 1.165) is 19.3 Å². The summed E-state index contributed by atoms with van der Waals surface area (Å²) >= 11 is 0. The highest BCUT2D eigenvalue weighted by Crippen LogP contribution is 2.03. The summed E-state index contributed by atoms with van der Waals surface area (Å²) in [6.45, 7) is 0.843. The number of β-lactam (4-membered cyclic amide) rings is 1. The van der Waals surface area contributed by atoms with E-state index in [9.17, 15) is 9.59 Å². The molecule has 1 atom stereocenters. The van der Waals surface area contributed by atoms with Gasteiger partial charge in [0.2, 0.25) is 5.91 Å². The van der Waals surface area contributed by atoms with Crippen LogP contribution in [0, 0.1) is 0 Å². The van der Waals surface area contributed by atoms with Crippen molar-refractivity contribution in [3.8, 4) is 0 Å². The van der Waals surface area contributed by atoms with Crippen LogP contribution in [0.25, 0.3) is 0 Å². The molecule has 0 unspecified atom stereocenters. The zero-order valence-electron chi connectivity index (χ0n) is 10.6. The number of carbonyl (C=O) groups excluding carboxylic acids is 2. The lowest BCUT2D eigenvalue weighted by Crippen LogP contribution is -2.61. The van der Waals surface area contributed by atoms with Gasteiger partial charge in [-0.3, -0.25) is 9.78 Å². The number of aryl methyl sites for hydroxylation is 1. The highest BCUT2D eigenvalue weighted by molar-refractivity contribution is 5.90. The van der Waals surface area contributed by atoms with Crippen molar-refractivity contribution < 1.29 is 14.3 Å². The molecule has 6 nitrogen and oxygen atoms in total. The average molecular weight is 263 g/mol. The minimum absolute atomic E-state index is 0.159. The molecule has 1 aliphatic rings. The molecule has 2 heterocycles. The summed E-state index contributed by atoms with van der Waals surface area (Å²) in [5, 5.41) is 5.03. The first-order chi connectivity index (χ1) is 9.25. The third-order valence-corrected chi connectivity index (χ3v) is 2.90. The van der Waals surface area contributed by atoms with Gasteiger partial charge in [0.15, 0.2) is 0 Å². The van der Waals surface area contributed by atoms with Crippen molar-refractivity contribution in [3.05, 3.63) is 30.1 Å². The topological polar surface area (TPSA) is 80.3 Å². The summed E-state index contributed by atoms with van der Waals surface area (Å²) in [4.78, 5) is 26.2. The molecule has 1 aliphatic heterocycles. The summed E-state index contributed by atoms with van der Waals surface area (Å²) in [5.74, 6) is -0.159. The number of hydrogen-bond donors (Lipinski definition) is 2. The van der Waals surface area contributed by atoms with E-state index in [-0.39, 0.29) is 5.91 Å². The number of amides is 2. The van der Waals surface area contributed by atoms with E-state index in [0.29, 0.717) is 13.2 Å². The van der Waals surface area contributed by atoms with Crippen LogP contribution in [-0.4, -0.2) is 36.2 Å². The molecule has 1 saturated heterocycles. The summed E-state index contributed by atoms with van der Waals surface area (Å²) in [5.41, 5.74) is 1.18. The average Bonchev–Trinajstić information content (AvgIpc) is 2.44. The second-order valence-corrected chi connectivity index (χ2v) is 4.40. The predicted octanol–water partition coefficient (Wildman–Crippen LogP) is 0.629. The van der Waals surface area contributed by atoms with Crippen LogP contribution in [0.2, 0.25) is 0 Å². The Balaban J connectivity index is 1.52. The summed E-state index contributed by atoms with van der Waals surface area (Å²) in [6.07, 6.45) is 5.70. The van der Waals surface area contributed by atoms with Crippen molar-refractivity contribution >= 4 is 12.0 Å². The van der Waals surface area contributed by atoms with Crippen LogP contribution in [0.4, 0.5) is 4.79 Å². The van der Waals surface area contributed by atoms with E-state index in [2.05, 4.69) is 15.6 Å². The molecule has 2 rings (SSSR count). The number of ether oxygens (including phenoxy) is 1. The fraction of sp³-hybridized carbons (Fsp3) is 0.462. The van der Waals surface area contributed by atoms with Gasteiger partial charge in [-0.05, 0) is 30.9 Å². The van der Waals surface area contributed by atoms with Gasteiger partial charge in [0, 0.05) is 18.9 Å². The van der Waals surface area contributed by atoms with Gasteiger partial charge in [0.05, 0.1) is 6.61 Å². The van der Waals surface area contributed by atoms with Crippen LogP contribution in [-0.2, 0) is 16.0 Å². The number of alkyl carbamates (subject to hydrolysis) is 1. The summed E-state index contributed by atoms with van der Waals surface area (Å²) in [6, 6.07) is 3.50. The van der Waals surface area contributed by atoms with Crippen molar-refractivity contribution in [3.63, 3.8) is 0 Å². The van der Waals surface area contributed by atoms with Gasteiger partial charge in [-0.15, -0.1) is 0 Å². The quantitative estimate of drug-likeness (QED) is 0.582. The lowest BCUT2D eigenvalue weighted by atomic mass is 10.1. The predicted molar refractivity (Wildman–Crippen MR) is 68.5 cm³/mol. The minimum atomic E-state index is -0.527. The number of rotatable bonds is 6. The zero-order valence-corrected chi connectivity index (χ0v) is 10.6.